The topological polar surface area (TPSA) is 58.6 Å². The van der Waals surface area contributed by atoms with Gasteiger partial charge in [-0.2, -0.15) is 0 Å². The number of fused-ring (bicyclic) bond motifs is 9. The molecule has 4 bridgehead atoms. The molecule has 124 valence electrons. The van der Waals surface area contributed by atoms with Gasteiger partial charge in [-0.1, -0.05) is 24.3 Å². The van der Waals surface area contributed by atoms with E-state index in [2.05, 4.69) is 5.32 Å². The molecule has 0 saturated heterocycles. The Hall–Kier alpha value is -2.82. The first kappa shape index (κ1) is 16.1. The smallest absolute Gasteiger partial charge is 0.239 e. The first-order valence-corrected chi connectivity index (χ1v) is 7.96. The molecule has 5 nitrogen and oxygen atoms in total. The molecule has 0 spiro atoms. The van der Waals surface area contributed by atoms with Crippen LogP contribution in [0.5, 0.6) is 11.5 Å². The molecular formula is C19H20N2O3. The summed E-state index contributed by atoms with van der Waals surface area (Å²) in [5.41, 5.74) is 1.97. The maximum atomic E-state index is 12.3. The van der Waals surface area contributed by atoms with Crippen LogP contribution >= 0.6 is 0 Å². The van der Waals surface area contributed by atoms with E-state index in [1.807, 2.05) is 48.5 Å². The largest absolute Gasteiger partial charge is 0.457 e. The lowest BCUT2D eigenvalue weighted by molar-refractivity contribution is -0.134. The maximum Gasteiger partial charge on any atom is 0.239 e. The number of rotatable bonds is 0. The Morgan fingerprint density at radius 3 is 2.58 bits per heavy atom. The van der Waals surface area contributed by atoms with E-state index in [1.54, 1.807) is 7.05 Å². The standard InChI is InChI=1S/C19H20N2O3/c1-21-13-18(22)20-10-9-14-5-7-16(8-6-14)24-17-4-2-3-15(11-17)12-19(21)23/h2-8,11H,9-10,12-13H2,1H3,(H,20,22). The summed E-state index contributed by atoms with van der Waals surface area (Å²) in [4.78, 5) is 25.6. The summed E-state index contributed by atoms with van der Waals surface area (Å²) in [5.74, 6) is 1.19. The van der Waals surface area contributed by atoms with Crippen LogP contribution in [0.1, 0.15) is 11.1 Å². The zero-order chi connectivity index (χ0) is 16.9. The lowest BCUT2D eigenvalue weighted by Gasteiger charge is -2.17. The van der Waals surface area contributed by atoms with Crippen LogP contribution in [0.25, 0.3) is 0 Å². The zero-order valence-corrected chi connectivity index (χ0v) is 13.6. The number of carbonyl (C=O) groups excluding carboxylic acids is 2. The van der Waals surface area contributed by atoms with Gasteiger partial charge in [-0.05, 0) is 41.8 Å². The van der Waals surface area contributed by atoms with E-state index >= 15 is 0 Å². The highest BCUT2D eigenvalue weighted by Gasteiger charge is 2.14. The Labute approximate surface area is 141 Å². The SMILES string of the molecule is CN1CC(=O)NCCc2ccc(cc2)Oc2cccc(c2)CC1=O. The number of likely N-dealkylation sites (N-methyl/N-ethyl adjacent to an activating group) is 1. The average molecular weight is 324 g/mol. The molecular weight excluding hydrogens is 304 g/mol. The van der Waals surface area contributed by atoms with E-state index in [1.165, 1.54) is 4.90 Å². The molecule has 2 aliphatic heterocycles. The van der Waals surface area contributed by atoms with Gasteiger partial charge in [-0.25, -0.2) is 0 Å². The molecule has 1 N–H and O–H groups in total. The van der Waals surface area contributed by atoms with Gasteiger partial charge in [0, 0.05) is 13.6 Å². The van der Waals surface area contributed by atoms with E-state index in [4.69, 9.17) is 4.74 Å². The average Bonchev–Trinajstić information content (AvgIpc) is 2.56. The molecule has 0 saturated carbocycles. The molecule has 0 unspecified atom stereocenters. The molecule has 2 heterocycles. The van der Waals surface area contributed by atoms with Crippen molar-refractivity contribution in [3.63, 3.8) is 0 Å². The molecule has 24 heavy (non-hydrogen) atoms. The Morgan fingerprint density at radius 1 is 1.00 bits per heavy atom. The number of carbonyl (C=O) groups is 2. The summed E-state index contributed by atoms with van der Waals surface area (Å²) in [6, 6.07) is 15.3. The van der Waals surface area contributed by atoms with Crippen LogP contribution in [0.2, 0.25) is 0 Å². The van der Waals surface area contributed by atoms with E-state index in [0.717, 1.165) is 23.3 Å². The van der Waals surface area contributed by atoms with Gasteiger partial charge in [0.15, 0.2) is 0 Å². The van der Waals surface area contributed by atoms with Crippen LogP contribution in [0.4, 0.5) is 0 Å². The number of amides is 2. The van der Waals surface area contributed by atoms with Crippen molar-refractivity contribution in [2.75, 3.05) is 20.1 Å². The van der Waals surface area contributed by atoms with Crippen molar-refractivity contribution in [3.8, 4) is 11.5 Å². The quantitative estimate of drug-likeness (QED) is 0.808. The van der Waals surface area contributed by atoms with Crippen molar-refractivity contribution in [1.82, 2.24) is 10.2 Å². The highest BCUT2D eigenvalue weighted by Crippen LogP contribution is 2.23. The van der Waals surface area contributed by atoms with E-state index < -0.39 is 0 Å². The molecule has 2 aromatic carbocycles. The molecule has 5 heteroatoms. The van der Waals surface area contributed by atoms with Crippen molar-refractivity contribution in [3.05, 3.63) is 59.7 Å². The number of hydrogen-bond acceptors (Lipinski definition) is 3. The third-order valence-corrected chi connectivity index (χ3v) is 3.96. The van der Waals surface area contributed by atoms with Gasteiger partial charge in [0.2, 0.25) is 11.8 Å². The molecule has 0 aliphatic carbocycles. The van der Waals surface area contributed by atoms with Gasteiger partial charge in [0.1, 0.15) is 11.5 Å². The van der Waals surface area contributed by atoms with Crippen molar-refractivity contribution in [2.45, 2.75) is 12.8 Å². The van der Waals surface area contributed by atoms with Gasteiger partial charge < -0.3 is 15.0 Å². The highest BCUT2D eigenvalue weighted by molar-refractivity contribution is 5.85. The van der Waals surface area contributed by atoms with Gasteiger partial charge in [-0.3, -0.25) is 9.59 Å². The second-order valence-electron chi connectivity index (χ2n) is 5.92. The van der Waals surface area contributed by atoms with Crippen LogP contribution < -0.4 is 10.1 Å². The molecule has 2 aliphatic rings. The van der Waals surface area contributed by atoms with E-state index in [9.17, 15) is 9.59 Å². The lowest BCUT2D eigenvalue weighted by Crippen LogP contribution is -2.39. The summed E-state index contributed by atoms with van der Waals surface area (Å²) in [7, 11) is 1.64. The van der Waals surface area contributed by atoms with Crippen LogP contribution in [0, 0.1) is 0 Å². The monoisotopic (exact) mass is 324 g/mol. The van der Waals surface area contributed by atoms with E-state index in [0.29, 0.717) is 12.3 Å². The summed E-state index contributed by atoms with van der Waals surface area (Å²) < 4.78 is 5.86. The van der Waals surface area contributed by atoms with E-state index in [-0.39, 0.29) is 24.8 Å². The van der Waals surface area contributed by atoms with Crippen LogP contribution in [0.15, 0.2) is 48.5 Å². The number of hydrogen-bond donors (Lipinski definition) is 1. The molecule has 0 aromatic heterocycles. The minimum atomic E-state index is -0.147. The predicted octanol–water partition coefficient (Wildman–Crippen LogP) is 2.15. The predicted molar refractivity (Wildman–Crippen MR) is 91.0 cm³/mol. The molecule has 4 rings (SSSR count). The number of nitrogens with zero attached hydrogens (tertiary/aromatic N) is 1. The lowest BCUT2D eigenvalue weighted by atomic mass is 10.1. The Kier molecular flexibility index (Phi) is 4.79. The third-order valence-electron chi connectivity index (χ3n) is 3.96. The van der Waals surface area contributed by atoms with Crippen molar-refractivity contribution in [1.29, 1.82) is 0 Å². The Morgan fingerprint density at radius 2 is 1.79 bits per heavy atom. The first-order valence-electron chi connectivity index (χ1n) is 7.96. The second-order valence-corrected chi connectivity index (χ2v) is 5.92. The first-order chi connectivity index (χ1) is 11.6. The summed E-state index contributed by atoms with van der Waals surface area (Å²) in [5, 5.41) is 2.84. The molecule has 0 atom stereocenters. The number of nitrogens with one attached hydrogen (secondary N) is 1. The van der Waals surface area contributed by atoms with Crippen molar-refractivity contribution in [2.24, 2.45) is 0 Å². The van der Waals surface area contributed by atoms with Gasteiger partial charge >= 0.3 is 0 Å². The fourth-order valence-electron chi connectivity index (χ4n) is 2.59. The van der Waals surface area contributed by atoms with Crippen LogP contribution in [-0.2, 0) is 22.4 Å². The third kappa shape index (κ3) is 4.13. The zero-order valence-electron chi connectivity index (χ0n) is 13.6. The maximum absolute atomic E-state index is 12.3. The molecule has 0 fully saturated rings. The summed E-state index contributed by atoms with van der Waals surface area (Å²) >= 11 is 0. The van der Waals surface area contributed by atoms with Gasteiger partial charge in [0.05, 0.1) is 13.0 Å². The normalized spacial score (nSPS) is 15.8. The van der Waals surface area contributed by atoms with Gasteiger partial charge in [0.25, 0.3) is 0 Å². The molecule has 2 aromatic rings. The van der Waals surface area contributed by atoms with Crippen LogP contribution in [0.3, 0.4) is 0 Å². The summed E-state index contributed by atoms with van der Waals surface area (Å²) in [6.07, 6.45) is 0.971. The van der Waals surface area contributed by atoms with Crippen molar-refractivity contribution >= 4 is 11.8 Å². The Bertz CT molecular complexity index is 741. The summed E-state index contributed by atoms with van der Waals surface area (Å²) in [6.45, 7) is 0.605. The minimum Gasteiger partial charge on any atom is -0.457 e. The minimum absolute atomic E-state index is 0.0635. The Balaban J connectivity index is 1.87. The number of benzene rings is 2. The molecule has 2 amide bonds. The van der Waals surface area contributed by atoms with Crippen LogP contribution in [-0.4, -0.2) is 36.9 Å². The second kappa shape index (κ2) is 7.17. The molecule has 0 radical (unpaired) electrons. The fraction of sp³-hybridized carbons (Fsp3) is 0.263. The highest BCUT2D eigenvalue weighted by atomic mass is 16.5. The fourth-order valence-corrected chi connectivity index (χ4v) is 2.59. The van der Waals surface area contributed by atoms with Crippen molar-refractivity contribution < 1.29 is 14.3 Å². The number of ether oxygens (including phenoxy) is 1. The van der Waals surface area contributed by atoms with Gasteiger partial charge in [-0.15, -0.1) is 0 Å².